The van der Waals surface area contributed by atoms with Gasteiger partial charge in [0, 0.05) is 17.8 Å². The number of methoxy groups -OCH3 is 1. The quantitative estimate of drug-likeness (QED) is 0.789. The highest BCUT2D eigenvalue weighted by Crippen LogP contribution is 2.12. The van der Waals surface area contributed by atoms with Crippen LogP contribution in [0.5, 0.6) is 5.88 Å². The van der Waals surface area contributed by atoms with E-state index in [0.29, 0.717) is 17.3 Å². The minimum atomic E-state index is -0.596. The van der Waals surface area contributed by atoms with Crippen LogP contribution in [0.2, 0.25) is 0 Å². The Kier molecular flexibility index (Phi) is 4.56. The molecule has 0 bridgehead atoms. The third-order valence-electron chi connectivity index (χ3n) is 3.53. The molecule has 0 spiro atoms. The number of carbonyl (C=O) groups is 1. The lowest BCUT2D eigenvalue weighted by molar-refractivity contribution is 0.101. The summed E-state index contributed by atoms with van der Waals surface area (Å²) in [6, 6.07) is 13.9. The number of nitrogens with zero attached hydrogens (tertiary/aromatic N) is 3. The van der Waals surface area contributed by atoms with Gasteiger partial charge in [-0.05, 0) is 25.1 Å². The Morgan fingerprint density at radius 3 is 2.56 bits per heavy atom. The highest BCUT2D eigenvalue weighted by Gasteiger charge is 2.15. The molecule has 126 valence electrons. The fraction of sp³-hybridized carbons (Fsp3) is 0.111. The Morgan fingerprint density at radius 1 is 1.16 bits per heavy atom. The summed E-state index contributed by atoms with van der Waals surface area (Å²) in [5, 5.41) is 6.83. The zero-order valence-electron chi connectivity index (χ0n) is 13.8. The number of nitrogens with one attached hydrogen (secondary N) is 1. The SMILES string of the molecule is COc1ccc(NC(=O)c2nn(-c3ccccc3)c(C)cc2=O)cn1. The molecular formula is C18H16N4O3. The molecule has 3 rings (SSSR count). The Labute approximate surface area is 143 Å². The second-order valence-corrected chi connectivity index (χ2v) is 5.29. The lowest BCUT2D eigenvalue weighted by atomic mass is 10.2. The van der Waals surface area contributed by atoms with Crippen LogP contribution in [-0.2, 0) is 0 Å². The number of hydrogen-bond donors (Lipinski definition) is 1. The summed E-state index contributed by atoms with van der Waals surface area (Å²) in [6.07, 6.45) is 1.45. The summed E-state index contributed by atoms with van der Waals surface area (Å²) < 4.78 is 6.52. The van der Waals surface area contributed by atoms with Crippen LogP contribution in [0.25, 0.3) is 5.69 Å². The number of para-hydroxylation sites is 1. The molecule has 7 heteroatoms. The van der Waals surface area contributed by atoms with E-state index in [1.165, 1.54) is 19.4 Å². The molecule has 0 unspecified atom stereocenters. The van der Waals surface area contributed by atoms with Crippen molar-refractivity contribution in [3.8, 4) is 11.6 Å². The summed E-state index contributed by atoms with van der Waals surface area (Å²) >= 11 is 0. The monoisotopic (exact) mass is 336 g/mol. The first-order chi connectivity index (χ1) is 12.1. The Balaban J connectivity index is 1.93. The van der Waals surface area contributed by atoms with Crippen molar-refractivity contribution in [2.45, 2.75) is 6.92 Å². The van der Waals surface area contributed by atoms with E-state index in [1.807, 2.05) is 30.3 Å². The minimum Gasteiger partial charge on any atom is -0.481 e. The second-order valence-electron chi connectivity index (χ2n) is 5.29. The summed E-state index contributed by atoms with van der Waals surface area (Å²) in [5.41, 5.74) is 1.21. The number of aryl methyl sites for hydroxylation is 1. The number of benzene rings is 1. The van der Waals surface area contributed by atoms with Crippen LogP contribution in [0.15, 0.2) is 59.5 Å². The van der Waals surface area contributed by atoms with Crippen LogP contribution in [0, 0.1) is 6.92 Å². The van der Waals surface area contributed by atoms with Crippen molar-refractivity contribution in [3.63, 3.8) is 0 Å². The fourth-order valence-corrected chi connectivity index (χ4v) is 2.30. The highest BCUT2D eigenvalue weighted by atomic mass is 16.5. The van der Waals surface area contributed by atoms with E-state index in [1.54, 1.807) is 23.7 Å². The van der Waals surface area contributed by atoms with E-state index in [4.69, 9.17) is 4.74 Å². The summed E-state index contributed by atoms with van der Waals surface area (Å²) in [4.78, 5) is 28.6. The standard InChI is InChI=1S/C18H16N4O3/c1-12-10-15(23)17(21-22(12)14-6-4-3-5-7-14)18(24)20-13-8-9-16(25-2)19-11-13/h3-11H,1-2H3,(H,20,24). The van der Waals surface area contributed by atoms with E-state index in [-0.39, 0.29) is 5.69 Å². The van der Waals surface area contributed by atoms with Crippen molar-refractivity contribution in [1.29, 1.82) is 0 Å². The van der Waals surface area contributed by atoms with Gasteiger partial charge in [0.2, 0.25) is 11.3 Å². The van der Waals surface area contributed by atoms with E-state index in [0.717, 1.165) is 5.69 Å². The summed E-state index contributed by atoms with van der Waals surface area (Å²) in [5.74, 6) is -0.167. The fourth-order valence-electron chi connectivity index (χ4n) is 2.30. The number of ether oxygens (including phenoxy) is 1. The number of amides is 1. The molecule has 1 aromatic carbocycles. The lowest BCUT2D eigenvalue weighted by Crippen LogP contribution is -2.26. The number of anilines is 1. The molecule has 25 heavy (non-hydrogen) atoms. The largest absolute Gasteiger partial charge is 0.481 e. The summed E-state index contributed by atoms with van der Waals surface area (Å²) in [7, 11) is 1.50. The van der Waals surface area contributed by atoms with Crippen LogP contribution in [0.3, 0.4) is 0 Å². The molecule has 2 heterocycles. The number of pyridine rings is 1. The molecular weight excluding hydrogens is 320 g/mol. The van der Waals surface area contributed by atoms with Crippen molar-refractivity contribution >= 4 is 11.6 Å². The van der Waals surface area contributed by atoms with Gasteiger partial charge in [-0.1, -0.05) is 18.2 Å². The molecule has 7 nitrogen and oxygen atoms in total. The molecule has 3 aromatic rings. The van der Waals surface area contributed by atoms with Gasteiger partial charge in [-0.3, -0.25) is 9.59 Å². The third kappa shape index (κ3) is 3.55. The Hall–Kier alpha value is -3.48. The molecule has 0 fully saturated rings. The minimum absolute atomic E-state index is 0.190. The van der Waals surface area contributed by atoms with Gasteiger partial charge in [-0.15, -0.1) is 0 Å². The first kappa shape index (κ1) is 16.4. The first-order valence-electron chi connectivity index (χ1n) is 7.56. The average Bonchev–Trinajstić information content (AvgIpc) is 2.63. The third-order valence-corrected chi connectivity index (χ3v) is 3.53. The van der Waals surface area contributed by atoms with Crippen molar-refractivity contribution in [2.75, 3.05) is 12.4 Å². The Bertz CT molecular complexity index is 950. The molecule has 1 amide bonds. The highest BCUT2D eigenvalue weighted by molar-refractivity contribution is 6.02. The van der Waals surface area contributed by atoms with Gasteiger partial charge >= 0.3 is 0 Å². The average molecular weight is 336 g/mol. The molecule has 0 aliphatic heterocycles. The van der Waals surface area contributed by atoms with Crippen LogP contribution in [0.4, 0.5) is 5.69 Å². The van der Waals surface area contributed by atoms with Gasteiger partial charge in [-0.25, -0.2) is 9.67 Å². The smallest absolute Gasteiger partial charge is 0.280 e. The van der Waals surface area contributed by atoms with Crippen LogP contribution in [-0.4, -0.2) is 27.8 Å². The van der Waals surface area contributed by atoms with Gasteiger partial charge in [-0.2, -0.15) is 5.10 Å². The normalized spacial score (nSPS) is 10.3. The van der Waals surface area contributed by atoms with Crippen molar-refractivity contribution in [1.82, 2.24) is 14.8 Å². The maximum atomic E-state index is 12.4. The topological polar surface area (TPSA) is 86.1 Å². The van der Waals surface area contributed by atoms with E-state index >= 15 is 0 Å². The molecule has 0 aliphatic carbocycles. The molecule has 0 aliphatic rings. The van der Waals surface area contributed by atoms with Gasteiger partial charge in [0.15, 0.2) is 5.69 Å². The van der Waals surface area contributed by atoms with Crippen molar-refractivity contribution in [3.05, 3.63) is 76.3 Å². The first-order valence-corrected chi connectivity index (χ1v) is 7.56. The van der Waals surface area contributed by atoms with Crippen LogP contribution < -0.4 is 15.5 Å². The molecule has 0 radical (unpaired) electrons. The van der Waals surface area contributed by atoms with Crippen molar-refractivity contribution < 1.29 is 9.53 Å². The molecule has 0 saturated heterocycles. The maximum Gasteiger partial charge on any atom is 0.280 e. The second kappa shape index (κ2) is 6.96. The number of rotatable bonds is 4. The number of hydrogen-bond acceptors (Lipinski definition) is 5. The lowest BCUT2D eigenvalue weighted by Gasteiger charge is -2.11. The van der Waals surface area contributed by atoms with E-state index < -0.39 is 11.3 Å². The van der Waals surface area contributed by atoms with Gasteiger partial charge < -0.3 is 10.1 Å². The summed E-state index contributed by atoms with van der Waals surface area (Å²) in [6.45, 7) is 1.76. The van der Waals surface area contributed by atoms with Gasteiger partial charge in [0.05, 0.1) is 24.7 Å². The van der Waals surface area contributed by atoms with Gasteiger partial charge in [0.25, 0.3) is 5.91 Å². The van der Waals surface area contributed by atoms with Gasteiger partial charge in [0.1, 0.15) is 0 Å². The number of carbonyl (C=O) groups excluding carboxylic acids is 1. The molecule has 0 saturated carbocycles. The molecule has 2 aromatic heterocycles. The van der Waals surface area contributed by atoms with Crippen LogP contribution in [0.1, 0.15) is 16.2 Å². The zero-order valence-corrected chi connectivity index (χ0v) is 13.8. The molecule has 1 N–H and O–H groups in total. The van der Waals surface area contributed by atoms with E-state index in [2.05, 4.69) is 15.4 Å². The predicted molar refractivity (Wildman–Crippen MR) is 93.3 cm³/mol. The van der Waals surface area contributed by atoms with Crippen LogP contribution >= 0.6 is 0 Å². The number of aromatic nitrogens is 3. The van der Waals surface area contributed by atoms with E-state index in [9.17, 15) is 9.59 Å². The Morgan fingerprint density at radius 2 is 1.92 bits per heavy atom. The predicted octanol–water partition coefficient (Wildman–Crippen LogP) is 2.20. The maximum absolute atomic E-state index is 12.4. The zero-order chi connectivity index (χ0) is 17.8. The molecule has 0 atom stereocenters. The van der Waals surface area contributed by atoms with Crippen molar-refractivity contribution in [2.24, 2.45) is 0 Å².